The van der Waals surface area contributed by atoms with Gasteiger partial charge in [0.1, 0.15) is 5.82 Å². The molecule has 0 radical (unpaired) electrons. The second-order valence-corrected chi connectivity index (χ2v) is 5.21. The summed E-state index contributed by atoms with van der Waals surface area (Å²) in [5.41, 5.74) is 3.10. The molecule has 1 aromatic heterocycles. The van der Waals surface area contributed by atoms with Gasteiger partial charge in [-0.2, -0.15) is 0 Å². The van der Waals surface area contributed by atoms with E-state index in [9.17, 15) is 4.79 Å². The predicted octanol–water partition coefficient (Wildman–Crippen LogP) is 3.20. The quantitative estimate of drug-likeness (QED) is 0.926. The highest BCUT2D eigenvalue weighted by atomic mass is 16.4. The zero-order chi connectivity index (χ0) is 14.7. The van der Waals surface area contributed by atoms with Crippen LogP contribution in [0.3, 0.4) is 0 Å². The molecule has 2 rings (SSSR count). The van der Waals surface area contributed by atoms with Crippen molar-refractivity contribution >= 4 is 5.97 Å². The molecule has 1 N–H and O–H groups in total. The largest absolute Gasteiger partial charge is 0.478 e. The van der Waals surface area contributed by atoms with Crippen LogP contribution in [0, 0.1) is 6.92 Å². The molecule has 20 heavy (non-hydrogen) atoms. The van der Waals surface area contributed by atoms with E-state index < -0.39 is 5.97 Å². The Hall–Kier alpha value is -2.23. The smallest absolute Gasteiger partial charge is 0.339 e. The van der Waals surface area contributed by atoms with Gasteiger partial charge in [0, 0.05) is 12.6 Å². The van der Waals surface area contributed by atoms with E-state index in [0.29, 0.717) is 17.9 Å². The SMILES string of the molecule is Cc1cccc(Cc2ncc(C(=O)O)c(C(C)C)n2)c1. The molecule has 0 saturated carbocycles. The van der Waals surface area contributed by atoms with Gasteiger partial charge < -0.3 is 5.11 Å². The fraction of sp³-hybridized carbons (Fsp3) is 0.312. The van der Waals surface area contributed by atoms with Crippen molar-refractivity contribution in [2.45, 2.75) is 33.1 Å². The zero-order valence-corrected chi connectivity index (χ0v) is 11.9. The van der Waals surface area contributed by atoms with Crippen molar-refractivity contribution in [3.63, 3.8) is 0 Å². The number of hydrogen-bond acceptors (Lipinski definition) is 3. The first-order chi connectivity index (χ1) is 9.47. The Morgan fingerprint density at radius 3 is 2.70 bits per heavy atom. The normalized spacial score (nSPS) is 10.8. The van der Waals surface area contributed by atoms with E-state index >= 15 is 0 Å². The van der Waals surface area contributed by atoms with Crippen molar-refractivity contribution in [2.24, 2.45) is 0 Å². The highest BCUT2D eigenvalue weighted by molar-refractivity contribution is 5.88. The third-order valence-electron chi connectivity index (χ3n) is 3.09. The van der Waals surface area contributed by atoms with Crippen molar-refractivity contribution in [3.8, 4) is 0 Å². The maximum absolute atomic E-state index is 11.2. The second-order valence-electron chi connectivity index (χ2n) is 5.21. The molecule has 0 amide bonds. The molecule has 4 heteroatoms. The molecule has 1 aromatic carbocycles. The monoisotopic (exact) mass is 270 g/mol. The Morgan fingerprint density at radius 1 is 1.35 bits per heavy atom. The average molecular weight is 270 g/mol. The number of carboxylic acids is 1. The lowest BCUT2D eigenvalue weighted by atomic mass is 10.0. The summed E-state index contributed by atoms with van der Waals surface area (Å²) in [6.07, 6.45) is 2.02. The first-order valence-corrected chi connectivity index (χ1v) is 6.62. The van der Waals surface area contributed by atoms with Gasteiger partial charge in [-0.05, 0) is 18.4 Å². The van der Waals surface area contributed by atoms with Crippen molar-refractivity contribution in [1.82, 2.24) is 9.97 Å². The molecule has 0 aliphatic heterocycles. The van der Waals surface area contributed by atoms with Gasteiger partial charge in [0.15, 0.2) is 0 Å². The summed E-state index contributed by atoms with van der Waals surface area (Å²) in [5, 5.41) is 9.15. The van der Waals surface area contributed by atoms with E-state index in [1.54, 1.807) is 0 Å². The number of rotatable bonds is 4. The summed E-state index contributed by atoms with van der Waals surface area (Å²) in [6, 6.07) is 8.15. The van der Waals surface area contributed by atoms with E-state index in [-0.39, 0.29) is 11.5 Å². The summed E-state index contributed by atoms with van der Waals surface area (Å²) in [5.74, 6) is -0.263. The molecule has 0 unspecified atom stereocenters. The van der Waals surface area contributed by atoms with Crippen LogP contribution in [0.5, 0.6) is 0 Å². The third-order valence-corrected chi connectivity index (χ3v) is 3.09. The van der Waals surface area contributed by atoms with Gasteiger partial charge in [0.05, 0.1) is 11.3 Å². The lowest BCUT2D eigenvalue weighted by Crippen LogP contribution is -2.10. The number of aromatic nitrogens is 2. The molecule has 0 saturated heterocycles. The maximum atomic E-state index is 11.2. The van der Waals surface area contributed by atoms with Gasteiger partial charge in [0.25, 0.3) is 0 Å². The Labute approximate surface area is 118 Å². The number of hydrogen-bond donors (Lipinski definition) is 1. The lowest BCUT2D eigenvalue weighted by Gasteiger charge is -2.10. The minimum Gasteiger partial charge on any atom is -0.478 e. The lowest BCUT2D eigenvalue weighted by molar-refractivity contribution is 0.0694. The molecule has 2 aromatic rings. The summed E-state index contributed by atoms with van der Waals surface area (Å²) >= 11 is 0. The van der Waals surface area contributed by atoms with E-state index in [0.717, 1.165) is 5.56 Å². The number of aromatic carboxylic acids is 1. The fourth-order valence-corrected chi connectivity index (χ4v) is 2.13. The van der Waals surface area contributed by atoms with Crippen molar-refractivity contribution in [2.75, 3.05) is 0 Å². The van der Waals surface area contributed by atoms with Crippen LogP contribution in [0.25, 0.3) is 0 Å². The molecular formula is C16H18N2O2. The van der Waals surface area contributed by atoms with Gasteiger partial charge in [-0.3, -0.25) is 0 Å². The Bertz CT molecular complexity index is 636. The van der Waals surface area contributed by atoms with E-state index in [1.165, 1.54) is 11.8 Å². The standard InChI is InChI=1S/C16H18N2O2/c1-10(2)15-13(16(19)20)9-17-14(18-15)8-12-6-4-5-11(3)7-12/h4-7,9-10H,8H2,1-3H3,(H,19,20). The Kier molecular flexibility index (Phi) is 4.13. The molecular weight excluding hydrogens is 252 g/mol. The highest BCUT2D eigenvalue weighted by Gasteiger charge is 2.16. The van der Waals surface area contributed by atoms with Crippen molar-refractivity contribution < 1.29 is 9.90 Å². The number of aryl methyl sites for hydroxylation is 1. The van der Waals surface area contributed by atoms with Crippen LogP contribution in [0.2, 0.25) is 0 Å². The topological polar surface area (TPSA) is 63.1 Å². The first kappa shape index (κ1) is 14.2. The van der Waals surface area contributed by atoms with Crippen molar-refractivity contribution in [3.05, 3.63) is 58.7 Å². The highest BCUT2D eigenvalue weighted by Crippen LogP contribution is 2.18. The van der Waals surface area contributed by atoms with E-state index in [2.05, 4.69) is 16.0 Å². The number of carbonyl (C=O) groups is 1. The van der Waals surface area contributed by atoms with Crippen LogP contribution < -0.4 is 0 Å². The molecule has 104 valence electrons. The molecule has 0 spiro atoms. The van der Waals surface area contributed by atoms with Gasteiger partial charge in [0.2, 0.25) is 0 Å². The molecule has 0 atom stereocenters. The van der Waals surface area contributed by atoms with Crippen LogP contribution in [0.15, 0.2) is 30.5 Å². The molecule has 1 heterocycles. The van der Waals surface area contributed by atoms with Crippen molar-refractivity contribution in [1.29, 1.82) is 0 Å². The van der Waals surface area contributed by atoms with Gasteiger partial charge in [-0.15, -0.1) is 0 Å². The summed E-state index contributed by atoms with van der Waals surface area (Å²) in [7, 11) is 0. The number of benzene rings is 1. The van der Waals surface area contributed by atoms with Gasteiger partial charge in [-0.1, -0.05) is 43.7 Å². The number of nitrogens with zero attached hydrogens (tertiary/aromatic N) is 2. The summed E-state index contributed by atoms with van der Waals surface area (Å²) in [4.78, 5) is 19.8. The minimum absolute atomic E-state index is 0.0559. The molecule has 0 bridgehead atoms. The molecule has 0 aliphatic rings. The average Bonchev–Trinajstić information content (AvgIpc) is 2.38. The fourth-order valence-electron chi connectivity index (χ4n) is 2.13. The second kappa shape index (κ2) is 5.82. The van der Waals surface area contributed by atoms with Crippen LogP contribution in [0.1, 0.15) is 52.8 Å². The Morgan fingerprint density at radius 2 is 2.10 bits per heavy atom. The summed E-state index contributed by atoms with van der Waals surface area (Å²) < 4.78 is 0. The molecule has 0 aliphatic carbocycles. The van der Waals surface area contributed by atoms with Crippen LogP contribution >= 0.6 is 0 Å². The van der Waals surface area contributed by atoms with Gasteiger partial charge in [-0.25, -0.2) is 14.8 Å². The third kappa shape index (κ3) is 3.20. The van der Waals surface area contributed by atoms with E-state index in [1.807, 2.05) is 39.0 Å². The predicted molar refractivity (Wildman–Crippen MR) is 77.1 cm³/mol. The maximum Gasteiger partial charge on any atom is 0.339 e. The zero-order valence-electron chi connectivity index (χ0n) is 11.9. The van der Waals surface area contributed by atoms with Gasteiger partial charge >= 0.3 is 5.97 Å². The minimum atomic E-state index is -0.976. The Balaban J connectivity index is 2.34. The van der Waals surface area contributed by atoms with Crippen LogP contribution in [-0.2, 0) is 6.42 Å². The first-order valence-electron chi connectivity index (χ1n) is 6.62. The van der Waals surface area contributed by atoms with Crippen LogP contribution in [-0.4, -0.2) is 21.0 Å². The summed E-state index contributed by atoms with van der Waals surface area (Å²) in [6.45, 7) is 5.91. The van der Waals surface area contributed by atoms with Crippen LogP contribution in [0.4, 0.5) is 0 Å². The molecule has 0 fully saturated rings. The number of carboxylic acid groups (broad SMARTS) is 1. The van der Waals surface area contributed by atoms with E-state index in [4.69, 9.17) is 5.11 Å². The molecule has 4 nitrogen and oxygen atoms in total.